The second-order valence-corrected chi connectivity index (χ2v) is 5.44. The Balaban J connectivity index is 2.70. The van der Waals surface area contributed by atoms with Gasteiger partial charge in [0, 0.05) is 5.56 Å². The molecule has 0 bridgehead atoms. The van der Waals surface area contributed by atoms with E-state index in [1.807, 2.05) is 13.8 Å². The molecule has 1 aromatic rings. The summed E-state index contributed by atoms with van der Waals surface area (Å²) in [6, 6.07) is 6.52. The summed E-state index contributed by atoms with van der Waals surface area (Å²) in [7, 11) is 0. The van der Waals surface area contributed by atoms with Crippen LogP contribution in [0.25, 0.3) is 0 Å². The van der Waals surface area contributed by atoms with Gasteiger partial charge in [-0.25, -0.2) is 0 Å². The topological polar surface area (TPSA) is 99.0 Å². The molecule has 0 heterocycles. The summed E-state index contributed by atoms with van der Waals surface area (Å²) in [6.07, 6.45) is 0. The molecule has 0 aliphatic carbocycles. The Hall–Kier alpha value is -1.63. The van der Waals surface area contributed by atoms with E-state index in [1.54, 1.807) is 24.3 Å². The van der Waals surface area contributed by atoms with Crippen molar-refractivity contribution >= 4 is 5.91 Å². The van der Waals surface area contributed by atoms with Gasteiger partial charge in [0.1, 0.15) is 11.3 Å². The van der Waals surface area contributed by atoms with Crippen LogP contribution in [-0.4, -0.2) is 53.2 Å². The Morgan fingerprint density at radius 2 is 1.67 bits per heavy atom. The Bertz CT molecular complexity index is 432. The number of hydrogen-bond acceptors (Lipinski definition) is 5. The maximum absolute atomic E-state index is 12.0. The number of aliphatic hydroxyl groups excluding tert-OH is 3. The van der Waals surface area contributed by atoms with E-state index in [0.717, 1.165) is 0 Å². The van der Waals surface area contributed by atoms with Crippen molar-refractivity contribution in [1.82, 2.24) is 5.32 Å². The van der Waals surface area contributed by atoms with E-state index in [2.05, 4.69) is 5.32 Å². The van der Waals surface area contributed by atoms with Crippen LogP contribution in [0.5, 0.6) is 5.75 Å². The number of ether oxygens (including phenoxy) is 1. The molecule has 0 radical (unpaired) electrons. The average Bonchev–Trinajstić information content (AvgIpc) is 2.51. The molecular weight excluding hydrogens is 274 g/mol. The largest absolute Gasteiger partial charge is 0.493 e. The fourth-order valence-electron chi connectivity index (χ4n) is 1.55. The Morgan fingerprint density at radius 3 is 2.10 bits per heavy atom. The van der Waals surface area contributed by atoms with Crippen molar-refractivity contribution in [1.29, 1.82) is 0 Å². The van der Waals surface area contributed by atoms with Crippen LogP contribution in [0.4, 0.5) is 0 Å². The maximum Gasteiger partial charge on any atom is 0.251 e. The third-order valence-corrected chi connectivity index (χ3v) is 2.99. The standard InChI is InChI=1S/C15H23NO5/c1-11(2)7-21-13-5-3-12(4-6-13)14(20)16-15(8-17,9-18)10-19/h3-6,11,17-19H,7-10H2,1-2H3,(H,16,20). The molecule has 1 rings (SSSR count). The molecule has 118 valence electrons. The maximum atomic E-state index is 12.0. The minimum absolute atomic E-state index is 0.353. The molecule has 0 aliphatic heterocycles. The van der Waals surface area contributed by atoms with Crippen molar-refractivity contribution in [3.63, 3.8) is 0 Å². The van der Waals surface area contributed by atoms with Crippen LogP contribution in [0.3, 0.4) is 0 Å². The lowest BCUT2D eigenvalue weighted by atomic mass is 10.0. The number of hydrogen-bond donors (Lipinski definition) is 4. The average molecular weight is 297 g/mol. The number of carbonyl (C=O) groups is 1. The van der Waals surface area contributed by atoms with Crippen molar-refractivity contribution in [2.45, 2.75) is 19.4 Å². The van der Waals surface area contributed by atoms with E-state index in [9.17, 15) is 20.1 Å². The van der Waals surface area contributed by atoms with E-state index >= 15 is 0 Å². The van der Waals surface area contributed by atoms with Crippen molar-refractivity contribution in [2.75, 3.05) is 26.4 Å². The molecule has 0 fully saturated rings. The Kier molecular flexibility index (Phi) is 6.61. The van der Waals surface area contributed by atoms with Crippen LogP contribution in [-0.2, 0) is 0 Å². The first-order valence-electron chi connectivity index (χ1n) is 6.84. The van der Waals surface area contributed by atoms with Crippen LogP contribution >= 0.6 is 0 Å². The molecule has 1 amide bonds. The molecule has 6 nitrogen and oxygen atoms in total. The number of rotatable bonds is 8. The molecule has 1 aromatic carbocycles. The van der Waals surface area contributed by atoms with E-state index < -0.39 is 31.3 Å². The third kappa shape index (κ3) is 5.00. The number of nitrogens with one attached hydrogen (secondary N) is 1. The minimum atomic E-state index is -1.43. The van der Waals surface area contributed by atoms with Crippen LogP contribution in [0.15, 0.2) is 24.3 Å². The van der Waals surface area contributed by atoms with Crippen molar-refractivity contribution in [3.8, 4) is 5.75 Å². The predicted octanol–water partition coefficient (Wildman–Crippen LogP) is 0.167. The normalized spacial score (nSPS) is 11.5. The van der Waals surface area contributed by atoms with Gasteiger partial charge in [-0.05, 0) is 30.2 Å². The molecule has 0 aromatic heterocycles. The highest BCUT2D eigenvalue weighted by molar-refractivity contribution is 5.94. The van der Waals surface area contributed by atoms with Crippen LogP contribution < -0.4 is 10.1 Å². The molecule has 0 aliphatic rings. The number of aliphatic hydroxyl groups is 3. The van der Waals surface area contributed by atoms with Gasteiger partial charge < -0.3 is 25.4 Å². The van der Waals surface area contributed by atoms with Gasteiger partial charge in [0.2, 0.25) is 0 Å². The van der Waals surface area contributed by atoms with E-state index in [4.69, 9.17) is 4.74 Å². The summed E-state index contributed by atoms with van der Waals surface area (Å²) in [4.78, 5) is 12.0. The number of amides is 1. The zero-order chi connectivity index (χ0) is 15.9. The van der Waals surface area contributed by atoms with Gasteiger partial charge in [-0.1, -0.05) is 13.8 Å². The number of carbonyl (C=O) groups excluding carboxylic acids is 1. The monoisotopic (exact) mass is 297 g/mol. The molecule has 0 unspecified atom stereocenters. The van der Waals surface area contributed by atoms with E-state index in [-0.39, 0.29) is 0 Å². The second kappa shape index (κ2) is 7.97. The lowest BCUT2D eigenvalue weighted by molar-refractivity contribution is 0.0375. The van der Waals surface area contributed by atoms with Gasteiger partial charge in [-0.3, -0.25) is 4.79 Å². The summed E-state index contributed by atoms with van der Waals surface area (Å²) in [5, 5.41) is 30.0. The molecule has 6 heteroatoms. The lowest BCUT2D eigenvalue weighted by Crippen LogP contribution is -2.57. The van der Waals surface area contributed by atoms with Gasteiger partial charge in [0.25, 0.3) is 5.91 Å². The van der Waals surface area contributed by atoms with Crippen molar-refractivity contribution in [3.05, 3.63) is 29.8 Å². The molecular formula is C15H23NO5. The summed E-state index contributed by atoms with van der Waals surface area (Å²) < 4.78 is 5.51. The van der Waals surface area contributed by atoms with Gasteiger partial charge in [0.15, 0.2) is 0 Å². The highest BCUT2D eigenvalue weighted by Crippen LogP contribution is 2.14. The Morgan fingerprint density at radius 1 is 1.14 bits per heavy atom. The molecule has 0 saturated heterocycles. The highest BCUT2D eigenvalue weighted by Gasteiger charge is 2.30. The van der Waals surface area contributed by atoms with Gasteiger partial charge in [-0.2, -0.15) is 0 Å². The van der Waals surface area contributed by atoms with E-state index in [1.165, 1.54) is 0 Å². The molecule has 0 saturated carbocycles. The van der Waals surface area contributed by atoms with E-state index in [0.29, 0.717) is 23.8 Å². The summed E-state index contributed by atoms with van der Waals surface area (Å²) in [5.41, 5.74) is -1.07. The third-order valence-electron chi connectivity index (χ3n) is 2.99. The van der Waals surface area contributed by atoms with Crippen LogP contribution in [0, 0.1) is 5.92 Å². The quantitative estimate of drug-likeness (QED) is 0.548. The fraction of sp³-hybridized carbons (Fsp3) is 0.533. The van der Waals surface area contributed by atoms with Crippen LogP contribution in [0.2, 0.25) is 0 Å². The summed E-state index contributed by atoms with van der Waals surface area (Å²) in [6.45, 7) is 3.01. The first-order chi connectivity index (χ1) is 9.96. The zero-order valence-corrected chi connectivity index (χ0v) is 12.4. The summed E-state index contributed by atoms with van der Waals surface area (Å²) in [5.74, 6) is 0.591. The molecule has 4 N–H and O–H groups in total. The first kappa shape index (κ1) is 17.4. The van der Waals surface area contributed by atoms with Gasteiger partial charge in [-0.15, -0.1) is 0 Å². The fourth-order valence-corrected chi connectivity index (χ4v) is 1.55. The molecule has 0 atom stereocenters. The molecule has 21 heavy (non-hydrogen) atoms. The SMILES string of the molecule is CC(C)COc1ccc(C(=O)NC(CO)(CO)CO)cc1. The van der Waals surface area contributed by atoms with Crippen molar-refractivity contribution in [2.24, 2.45) is 5.92 Å². The van der Waals surface area contributed by atoms with Crippen molar-refractivity contribution < 1.29 is 24.9 Å². The first-order valence-corrected chi connectivity index (χ1v) is 6.84. The number of benzene rings is 1. The smallest absolute Gasteiger partial charge is 0.251 e. The zero-order valence-electron chi connectivity index (χ0n) is 12.4. The summed E-state index contributed by atoms with van der Waals surface area (Å²) >= 11 is 0. The lowest BCUT2D eigenvalue weighted by Gasteiger charge is -2.28. The van der Waals surface area contributed by atoms with Gasteiger partial charge >= 0.3 is 0 Å². The Labute approximate surface area is 124 Å². The van der Waals surface area contributed by atoms with Gasteiger partial charge in [0.05, 0.1) is 26.4 Å². The van der Waals surface area contributed by atoms with Crippen LogP contribution in [0.1, 0.15) is 24.2 Å². The highest BCUT2D eigenvalue weighted by atomic mass is 16.5. The molecule has 0 spiro atoms. The second-order valence-electron chi connectivity index (χ2n) is 5.44. The minimum Gasteiger partial charge on any atom is -0.493 e. The predicted molar refractivity (Wildman–Crippen MR) is 78.2 cm³/mol.